The van der Waals surface area contributed by atoms with E-state index in [0.29, 0.717) is 11.6 Å². The molecule has 1 fully saturated rings. The Morgan fingerprint density at radius 1 is 1.47 bits per heavy atom. The highest BCUT2D eigenvalue weighted by Crippen LogP contribution is 2.25. The summed E-state index contributed by atoms with van der Waals surface area (Å²) in [5, 5.41) is 2.80. The van der Waals surface area contributed by atoms with E-state index >= 15 is 0 Å². The Balaban J connectivity index is 2.12. The smallest absolute Gasteiger partial charge is 0.323 e. The molecule has 2 heterocycles. The van der Waals surface area contributed by atoms with Crippen molar-refractivity contribution in [1.29, 1.82) is 0 Å². The molecule has 1 aliphatic rings. The lowest BCUT2D eigenvalue weighted by atomic mass is 10.2. The van der Waals surface area contributed by atoms with Gasteiger partial charge in [0.15, 0.2) is 11.6 Å². The fourth-order valence-corrected chi connectivity index (χ4v) is 1.99. The second kappa shape index (κ2) is 5.03. The number of nitrogens with one attached hydrogen (secondary N) is 1. The summed E-state index contributed by atoms with van der Waals surface area (Å²) in [7, 11) is 1.58. The number of aromatic nitrogens is 1. The minimum absolute atomic E-state index is 0.0982. The lowest BCUT2D eigenvalue weighted by Crippen LogP contribution is -2.32. The number of rotatable bonds is 2. The van der Waals surface area contributed by atoms with Gasteiger partial charge in [0.25, 0.3) is 0 Å². The highest BCUT2D eigenvalue weighted by atomic mass is 16.5. The SMILES string of the molecule is COc1c(C)ccnc1NC(=O)N1CCCC1. The largest absolute Gasteiger partial charge is 0.493 e. The second-order valence-electron chi connectivity index (χ2n) is 4.13. The summed E-state index contributed by atoms with van der Waals surface area (Å²) in [5.74, 6) is 1.12. The van der Waals surface area contributed by atoms with Gasteiger partial charge in [0, 0.05) is 19.3 Å². The van der Waals surface area contributed by atoms with Crippen LogP contribution in [0.1, 0.15) is 18.4 Å². The summed E-state index contributed by atoms with van der Waals surface area (Å²) in [6.45, 7) is 3.56. The molecular formula is C12H17N3O2. The van der Waals surface area contributed by atoms with Gasteiger partial charge in [-0.2, -0.15) is 0 Å². The van der Waals surface area contributed by atoms with E-state index in [9.17, 15) is 4.79 Å². The number of likely N-dealkylation sites (tertiary alicyclic amines) is 1. The fourth-order valence-electron chi connectivity index (χ4n) is 1.99. The third-order valence-electron chi connectivity index (χ3n) is 2.92. The fraction of sp³-hybridized carbons (Fsp3) is 0.500. The molecule has 0 saturated carbocycles. The van der Waals surface area contributed by atoms with Crippen molar-refractivity contribution >= 4 is 11.8 Å². The highest BCUT2D eigenvalue weighted by Gasteiger charge is 2.19. The molecule has 17 heavy (non-hydrogen) atoms. The number of hydrogen-bond acceptors (Lipinski definition) is 3. The zero-order valence-electron chi connectivity index (χ0n) is 10.2. The lowest BCUT2D eigenvalue weighted by molar-refractivity contribution is 0.222. The number of anilines is 1. The molecule has 0 atom stereocenters. The van der Waals surface area contributed by atoms with Crippen LogP contribution in [0.15, 0.2) is 12.3 Å². The van der Waals surface area contributed by atoms with Gasteiger partial charge in [-0.05, 0) is 31.4 Å². The summed E-state index contributed by atoms with van der Waals surface area (Å²) >= 11 is 0. The van der Waals surface area contributed by atoms with Crippen molar-refractivity contribution in [3.05, 3.63) is 17.8 Å². The van der Waals surface area contributed by atoms with Crippen molar-refractivity contribution in [1.82, 2.24) is 9.88 Å². The minimum atomic E-state index is -0.0982. The van der Waals surface area contributed by atoms with Crippen LogP contribution < -0.4 is 10.1 Å². The van der Waals surface area contributed by atoms with Gasteiger partial charge in [0.2, 0.25) is 0 Å². The maximum absolute atomic E-state index is 11.9. The molecule has 1 saturated heterocycles. The molecule has 1 aromatic rings. The molecule has 0 radical (unpaired) electrons. The normalized spacial score (nSPS) is 14.8. The van der Waals surface area contributed by atoms with Crippen molar-refractivity contribution in [3.8, 4) is 5.75 Å². The number of methoxy groups -OCH3 is 1. The molecule has 2 rings (SSSR count). The predicted molar refractivity (Wildman–Crippen MR) is 65.4 cm³/mol. The van der Waals surface area contributed by atoms with E-state index in [2.05, 4.69) is 10.3 Å². The van der Waals surface area contributed by atoms with Gasteiger partial charge in [0.05, 0.1) is 7.11 Å². The Labute approximate surface area is 101 Å². The molecule has 5 heteroatoms. The van der Waals surface area contributed by atoms with E-state index in [1.54, 1.807) is 18.2 Å². The first-order chi connectivity index (χ1) is 8.22. The van der Waals surface area contributed by atoms with E-state index in [4.69, 9.17) is 4.74 Å². The number of nitrogens with zero attached hydrogens (tertiary/aromatic N) is 2. The third-order valence-corrected chi connectivity index (χ3v) is 2.92. The minimum Gasteiger partial charge on any atom is -0.493 e. The number of hydrogen-bond donors (Lipinski definition) is 1. The van der Waals surface area contributed by atoms with Crippen molar-refractivity contribution in [2.75, 3.05) is 25.5 Å². The Morgan fingerprint density at radius 3 is 2.82 bits per heavy atom. The van der Waals surface area contributed by atoms with E-state index in [1.165, 1.54) is 0 Å². The molecule has 0 bridgehead atoms. The molecule has 92 valence electrons. The summed E-state index contributed by atoms with van der Waals surface area (Å²) in [6.07, 6.45) is 3.81. The molecule has 2 amide bonds. The summed E-state index contributed by atoms with van der Waals surface area (Å²) < 4.78 is 5.24. The number of carbonyl (C=O) groups is 1. The molecule has 1 N–H and O–H groups in total. The first-order valence-corrected chi connectivity index (χ1v) is 5.78. The van der Waals surface area contributed by atoms with Crippen LogP contribution >= 0.6 is 0 Å². The van der Waals surface area contributed by atoms with Crippen LogP contribution in [0.4, 0.5) is 10.6 Å². The predicted octanol–water partition coefficient (Wildman–Crippen LogP) is 2.03. The maximum atomic E-state index is 11.9. The van der Waals surface area contributed by atoms with Crippen molar-refractivity contribution < 1.29 is 9.53 Å². The van der Waals surface area contributed by atoms with Gasteiger partial charge >= 0.3 is 6.03 Å². The average Bonchev–Trinajstić information content (AvgIpc) is 2.82. The first-order valence-electron chi connectivity index (χ1n) is 5.78. The van der Waals surface area contributed by atoms with E-state index in [-0.39, 0.29) is 6.03 Å². The van der Waals surface area contributed by atoms with Crippen LogP contribution in [0.25, 0.3) is 0 Å². The zero-order chi connectivity index (χ0) is 12.3. The van der Waals surface area contributed by atoms with E-state index < -0.39 is 0 Å². The van der Waals surface area contributed by atoms with Gasteiger partial charge in [-0.1, -0.05) is 0 Å². The highest BCUT2D eigenvalue weighted by molar-refractivity contribution is 5.90. The topological polar surface area (TPSA) is 54.5 Å². The van der Waals surface area contributed by atoms with Crippen LogP contribution in [-0.2, 0) is 0 Å². The number of carbonyl (C=O) groups excluding carboxylic acids is 1. The number of urea groups is 1. The summed E-state index contributed by atoms with van der Waals surface area (Å²) in [4.78, 5) is 17.8. The average molecular weight is 235 g/mol. The van der Waals surface area contributed by atoms with Crippen LogP contribution in [0.3, 0.4) is 0 Å². The van der Waals surface area contributed by atoms with Gasteiger partial charge in [0.1, 0.15) is 0 Å². The van der Waals surface area contributed by atoms with Crippen molar-refractivity contribution in [2.24, 2.45) is 0 Å². The standard InChI is InChI=1S/C12H17N3O2/c1-9-5-6-13-11(10(9)17-2)14-12(16)15-7-3-4-8-15/h5-6H,3-4,7-8H2,1-2H3,(H,13,14,16). The number of amides is 2. The van der Waals surface area contributed by atoms with Crippen LogP contribution in [-0.4, -0.2) is 36.1 Å². The Morgan fingerprint density at radius 2 is 2.18 bits per heavy atom. The monoisotopic (exact) mass is 235 g/mol. The number of pyridine rings is 1. The molecular weight excluding hydrogens is 218 g/mol. The van der Waals surface area contributed by atoms with Crippen molar-refractivity contribution in [3.63, 3.8) is 0 Å². The molecule has 0 aliphatic carbocycles. The Hall–Kier alpha value is -1.78. The Bertz CT molecular complexity index is 414. The maximum Gasteiger partial charge on any atom is 0.323 e. The summed E-state index contributed by atoms with van der Waals surface area (Å²) in [6, 6.07) is 1.75. The number of ether oxygens (including phenoxy) is 1. The van der Waals surface area contributed by atoms with E-state index in [1.807, 2.05) is 13.0 Å². The van der Waals surface area contributed by atoms with Crippen LogP contribution in [0.5, 0.6) is 5.75 Å². The van der Waals surface area contributed by atoms with Crippen molar-refractivity contribution in [2.45, 2.75) is 19.8 Å². The number of aryl methyl sites for hydroxylation is 1. The molecule has 0 spiro atoms. The quantitative estimate of drug-likeness (QED) is 0.853. The Kier molecular flexibility index (Phi) is 3.46. The molecule has 0 aromatic carbocycles. The van der Waals surface area contributed by atoms with E-state index in [0.717, 1.165) is 31.5 Å². The van der Waals surface area contributed by atoms with Gasteiger partial charge in [-0.25, -0.2) is 9.78 Å². The van der Waals surface area contributed by atoms with Gasteiger partial charge < -0.3 is 9.64 Å². The molecule has 5 nitrogen and oxygen atoms in total. The molecule has 1 aromatic heterocycles. The van der Waals surface area contributed by atoms with Gasteiger partial charge in [-0.3, -0.25) is 5.32 Å². The molecule has 0 unspecified atom stereocenters. The second-order valence-corrected chi connectivity index (χ2v) is 4.13. The van der Waals surface area contributed by atoms with Crippen LogP contribution in [0, 0.1) is 6.92 Å². The zero-order valence-corrected chi connectivity index (χ0v) is 10.2. The first kappa shape index (κ1) is 11.7. The van der Waals surface area contributed by atoms with Gasteiger partial charge in [-0.15, -0.1) is 0 Å². The van der Waals surface area contributed by atoms with Crippen LogP contribution in [0.2, 0.25) is 0 Å². The summed E-state index contributed by atoms with van der Waals surface area (Å²) in [5.41, 5.74) is 0.958. The third kappa shape index (κ3) is 2.49. The molecule has 1 aliphatic heterocycles. The lowest BCUT2D eigenvalue weighted by Gasteiger charge is -2.17.